The number of carbonyl (C=O) groups is 3. The molecular formula is C17H15N3O7S. The number of esters is 2. The van der Waals surface area contributed by atoms with Crippen molar-refractivity contribution in [3.05, 3.63) is 57.8 Å². The Balaban J connectivity index is 2.11. The fraction of sp³-hybridized carbons (Fsp3) is 0.176. The third kappa shape index (κ3) is 5.27. The van der Waals surface area contributed by atoms with Gasteiger partial charge in [-0.05, 0) is 24.3 Å². The van der Waals surface area contributed by atoms with Gasteiger partial charge < -0.3 is 14.8 Å². The third-order valence-electron chi connectivity index (χ3n) is 3.40. The molecule has 0 unspecified atom stereocenters. The number of nitrogens with zero attached hydrogens (tertiary/aromatic N) is 2. The number of benzene rings is 1. The number of rotatable bonds is 7. The Kier molecular flexibility index (Phi) is 7.04. The molecule has 28 heavy (non-hydrogen) atoms. The molecule has 0 aliphatic heterocycles. The van der Waals surface area contributed by atoms with Gasteiger partial charge >= 0.3 is 11.9 Å². The van der Waals surface area contributed by atoms with Crippen LogP contribution in [-0.2, 0) is 14.3 Å². The van der Waals surface area contributed by atoms with E-state index < -0.39 is 22.8 Å². The summed E-state index contributed by atoms with van der Waals surface area (Å²) in [6, 6.07) is 6.74. The van der Waals surface area contributed by atoms with Crippen molar-refractivity contribution in [3.63, 3.8) is 0 Å². The zero-order valence-electron chi connectivity index (χ0n) is 14.8. The molecule has 11 heteroatoms. The van der Waals surface area contributed by atoms with Crippen molar-refractivity contribution in [1.29, 1.82) is 0 Å². The Bertz CT molecular complexity index is 915. The quantitative estimate of drug-likeness (QED) is 0.318. The van der Waals surface area contributed by atoms with E-state index in [0.29, 0.717) is 5.03 Å². The van der Waals surface area contributed by atoms with Crippen LogP contribution in [0.3, 0.4) is 0 Å². The molecule has 0 fully saturated rings. The fourth-order valence-electron chi connectivity index (χ4n) is 2.07. The van der Waals surface area contributed by atoms with Crippen LogP contribution in [0.2, 0.25) is 0 Å². The van der Waals surface area contributed by atoms with E-state index in [2.05, 4.69) is 19.8 Å². The van der Waals surface area contributed by atoms with E-state index in [1.54, 1.807) is 0 Å². The lowest BCUT2D eigenvalue weighted by Crippen LogP contribution is -2.18. The summed E-state index contributed by atoms with van der Waals surface area (Å²) in [5, 5.41) is 13.6. The summed E-state index contributed by atoms with van der Waals surface area (Å²) in [4.78, 5) is 49.7. The highest BCUT2D eigenvalue weighted by atomic mass is 32.2. The second-order valence-corrected chi connectivity index (χ2v) is 6.19. The first-order valence-electron chi connectivity index (χ1n) is 7.69. The average molecular weight is 405 g/mol. The molecule has 0 bridgehead atoms. The molecule has 0 aliphatic carbocycles. The molecule has 1 heterocycles. The number of hydrogen-bond donors (Lipinski definition) is 1. The van der Waals surface area contributed by atoms with Crippen molar-refractivity contribution in [1.82, 2.24) is 4.98 Å². The number of nitro groups is 1. The largest absolute Gasteiger partial charge is 0.465 e. The minimum Gasteiger partial charge on any atom is -0.465 e. The summed E-state index contributed by atoms with van der Waals surface area (Å²) in [7, 11) is 2.40. The van der Waals surface area contributed by atoms with Crippen LogP contribution in [-0.4, -0.2) is 47.7 Å². The van der Waals surface area contributed by atoms with Gasteiger partial charge in [0.1, 0.15) is 6.20 Å². The molecule has 1 aromatic carbocycles. The number of hydrogen-bond acceptors (Lipinski definition) is 9. The number of ether oxygens (including phenoxy) is 2. The summed E-state index contributed by atoms with van der Waals surface area (Å²) in [5.41, 5.74) is 0.158. The molecule has 146 valence electrons. The molecule has 2 rings (SSSR count). The smallest absolute Gasteiger partial charge is 0.339 e. The first kappa shape index (κ1) is 20.8. The SMILES string of the molecule is COC(=O)c1ccc(C(=O)OC)c(NC(=O)CSc2ccc([N+](=O)[O-])cn2)c1. The van der Waals surface area contributed by atoms with Gasteiger partial charge in [-0.2, -0.15) is 0 Å². The maximum absolute atomic E-state index is 12.2. The minimum atomic E-state index is -0.684. The van der Waals surface area contributed by atoms with Crippen LogP contribution in [0.15, 0.2) is 41.6 Å². The fourth-order valence-corrected chi connectivity index (χ4v) is 2.71. The van der Waals surface area contributed by atoms with Crippen molar-refractivity contribution in [2.45, 2.75) is 5.03 Å². The zero-order chi connectivity index (χ0) is 20.7. The molecule has 2 aromatic rings. The van der Waals surface area contributed by atoms with E-state index in [0.717, 1.165) is 18.0 Å². The molecule has 1 aromatic heterocycles. The average Bonchev–Trinajstić information content (AvgIpc) is 2.71. The number of pyridine rings is 1. The highest BCUT2D eigenvalue weighted by Crippen LogP contribution is 2.22. The highest BCUT2D eigenvalue weighted by molar-refractivity contribution is 7.99. The van der Waals surface area contributed by atoms with Gasteiger partial charge in [-0.25, -0.2) is 14.6 Å². The van der Waals surface area contributed by atoms with E-state index in [9.17, 15) is 24.5 Å². The molecule has 0 atom stereocenters. The van der Waals surface area contributed by atoms with Crippen LogP contribution < -0.4 is 5.32 Å². The molecule has 0 spiro atoms. The molecule has 1 N–H and O–H groups in total. The summed E-state index contributed by atoms with van der Waals surface area (Å²) >= 11 is 1.05. The van der Waals surface area contributed by atoms with Gasteiger partial charge in [0.15, 0.2) is 0 Å². The van der Waals surface area contributed by atoms with Gasteiger partial charge in [0.25, 0.3) is 5.69 Å². The number of carbonyl (C=O) groups excluding carboxylic acids is 3. The lowest BCUT2D eigenvalue weighted by atomic mass is 10.1. The second kappa shape index (κ2) is 9.46. The van der Waals surface area contributed by atoms with E-state index in [4.69, 9.17) is 0 Å². The lowest BCUT2D eigenvalue weighted by molar-refractivity contribution is -0.385. The van der Waals surface area contributed by atoms with E-state index in [1.807, 2.05) is 0 Å². The number of anilines is 1. The van der Waals surface area contributed by atoms with Crippen LogP contribution in [0.25, 0.3) is 0 Å². The van der Waals surface area contributed by atoms with Gasteiger partial charge in [-0.1, -0.05) is 11.8 Å². The third-order valence-corrected chi connectivity index (χ3v) is 4.35. The minimum absolute atomic E-state index is 0.0713. The van der Waals surface area contributed by atoms with Crippen LogP contribution in [0.4, 0.5) is 11.4 Å². The molecule has 0 saturated heterocycles. The van der Waals surface area contributed by atoms with Crippen molar-refractivity contribution in [2.24, 2.45) is 0 Å². The van der Waals surface area contributed by atoms with Crippen LogP contribution in [0, 0.1) is 10.1 Å². The number of nitrogens with one attached hydrogen (secondary N) is 1. The van der Waals surface area contributed by atoms with Gasteiger partial charge in [0, 0.05) is 6.07 Å². The van der Waals surface area contributed by atoms with E-state index in [-0.39, 0.29) is 28.3 Å². The molecular weight excluding hydrogens is 390 g/mol. The maximum Gasteiger partial charge on any atom is 0.339 e. The second-order valence-electron chi connectivity index (χ2n) is 5.19. The van der Waals surface area contributed by atoms with Crippen LogP contribution in [0.5, 0.6) is 0 Å². The molecule has 0 saturated carbocycles. The van der Waals surface area contributed by atoms with Gasteiger partial charge in [-0.3, -0.25) is 14.9 Å². The number of amides is 1. The Morgan fingerprint density at radius 2 is 1.86 bits per heavy atom. The van der Waals surface area contributed by atoms with Crippen LogP contribution >= 0.6 is 11.8 Å². The molecule has 0 aliphatic rings. The Hall–Kier alpha value is -3.47. The van der Waals surface area contributed by atoms with Crippen molar-refractivity contribution >= 4 is 41.0 Å². The van der Waals surface area contributed by atoms with Crippen LogP contribution in [0.1, 0.15) is 20.7 Å². The Morgan fingerprint density at radius 1 is 1.14 bits per heavy atom. The zero-order valence-corrected chi connectivity index (χ0v) is 15.6. The van der Waals surface area contributed by atoms with Gasteiger partial charge in [-0.15, -0.1) is 0 Å². The van der Waals surface area contributed by atoms with Crippen molar-refractivity contribution in [2.75, 3.05) is 25.3 Å². The van der Waals surface area contributed by atoms with Crippen molar-refractivity contribution in [3.8, 4) is 0 Å². The van der Waals surface area contributed by atoms with Crippen molar-refractivity contribution < 1.29 is 28.8 Å². The Morgan fingerprint density at radius 3 is 2.43 bits per heavy atom. The summed E-state index contributed by atoms with van der Waals surface area (Å²) < 4.78 is 9.29. The molecule has 0 radical (unpaired) electrons. The first-order valence-corrected chi connectivity index (χ1v) is 8.68. The molecule has 10 nitrogen and oxygen atoms in total. The van der Waals surface area contributed by atoms with Gasteiger partial charge in [0.05, 0.1) is 46.7 Å². The van der Waals surface area contributed by atoms with E-state index in [1.165, 1.54) is 44.6 Å². The highest BCUT2D eigenvalue weighted by Gasteiger charge is 2.17. The predicted molar refractivity (Wildman–Crippen MR) is 99.4 cm³/mol. The summed E-state index contributed by atoms with van der Waals surface area (Å²) in [5.74, 6) is -1.86. The topological polar surface area (TPSA) is 138 Å². The standard InChI is InChI=1S/C17H15N3O7S/c1-26-16(22)10-3-5-12(17(23)27-2)13(7-10)19-14(21)9-28-15-6-4-11(8-18-15)20(24)25/h3-8H,9H2,1-2H3,(H,19,21). The molecule has 1 amide bonds. The Labute approximate surface area is 163 Å². The predicted octanol–water partition coefficient (Wildman–Crippen LogP) is 2.29. The maximum atomic E-state index is 12.2. The number of methoxy groups -OCH3 is 2. The van der Waals surface area contributed by atoms with Gasteiger partial charge in [0.2, 0.25) is 5.91 Å². The lowest BCUT2D eigenvalue weighted by Gasteiger charge is -2.11. The number of thioether (sulfide) groups is 1. The summed E-state index contributed by atoms with van der Waals surface area (Å²) in [6.45, 7) is 0. The van der Waals surface area contributed by atoms with E-state index >= 15 is 0 Å². The normalized spacial score (nSPS) is 10.1. The summed E-state index contributed by atoms with van der Waals surface area (Å²) in [6.07, 6.45) is 1.09. The monoisotopic (exact) mass is 405 g/mol. The first-order chi connectivity index (χ1) is 13.3. The number of aromatic nitrogens is 1.